The van der Waals surface area contributed by atoms with Crippen LogP contribution in [-0.4, -0.2) is 36.1 Å². The first kappa shape index (κ1) is 15.7. The van der Waals surface area contributed by atoms with Crippen molar-refractivity contribution in [3.8, 4) is 5.88 Å². The Morgan fingerprint density at radius 3 is 2.90 bits per heavy atom. The number of nitrogens with zero attached hydrogens (tertiary/aromatic N) is 1. The van der Waals surface area contributed by atoms with E-state index in [9.17, 15) is 9.90 Å². The predicted molar refractivity (Wildman–Crippen MR) is 75.2 cm³/mol. The first-order valence-electron chi connectivity index (χ1n) is 7.16. The summed E-state index contributed by atoms with van der Waals surface area (Å²) in [6.07, 6.45) is 0.553. The minimum atomic E-state index is -0.880. The van der Waals surface area contributed by atoms with Crippen LogP contribution in [0.2, 0.25) is 0 Å². The third kappa shape index (κ3) is 3.16. The Labute approximate surface area is 124 Å². The second-order valence-electron chi connectivity index (χ2n) is 4.94. The first-order chi connectivity index (χ1) is 10.1. The van der Waals surface area contributed by atoms with Crippen LogP contribution in [0.25, 0.3) is 0 Å². The third-order valence-electron chi connectivity index (χ3n) is 3.54. The molecule has 0 saturated heterocycles. The highest BCUT2D eigenvalue weighted by molar-refractivity contribution is 5.87. The Morgan fingerprint density at radius 2 is 2.29 bits per heavy atom. The lowest BCUT2D eigenvalue weighted by Crippen LogP contribution is -2.28. The monoisotopic (exact) mass is 295 g/mol. The molecule has 0 aromatic carbocycles. The number of aliphatic hydroxyl groups is 1. The van der Waals surface area contributed by atoms with Crippen molar-refractivity contribution in [3.63, 3.8) is 0 Å². The summed E-state index contributed by atoms with van der Waals surface area (Å²) in [4.78, 5) is 16.2. The molecule has 0 radical (unpaired) electrons. The summed E-state index contributed by atoms with van der Waals surface area (Å²) in [5, 5.41) is 9.95. The van der Waals surface area contributed by atoms with E-state index in [0.29, 0.717) is 18.9 Å². The molecule has 116 valence electrons. The number of aliphatic hydroxyl groups excluding tert-OH is 1. The second kappa shape index (κ2) is 6.87. The highest BCUT2D eigenvalue weighted by Gasteiger charge is 2.31. The normalized spacial score (nSPS) is 20.8. The maximum absolute atomic E-state index is 12.0. The Bertz CT molecular complexity index is 517. The molecular weight excluding hydrogens is 274 g/mol. The van der Waals surface area contributed by atoms with Gasteiger partial charge in [0.1, 0.15) is 0 Å². The quantitative estimate of drug-likeness (QED) is 0.837. The molecule has 2 unspecified atom stereocenters. The maximum Gasteiger partial charge on any atom is 0.357 e. The third-order valence-corrected chi connectivity index (χ3v) is 3.54. The van der Waals surface area contributed by atoms with E-state index in [2.05, 4.69) is 4.98 Å². The molecular formula is C15H21NO5. The van der Waals surface area contributed by atoms with Crippen molar-refractivity contribution in [2.45, 2.75) is 45.5 Å². The Hall–Kier alpha value is -1.66. The van der Waals surface area contributed by atoms with E-state index < -0.39 is 12.3 Å². The minimum absolute atomic E-state index is 0.201. The summed E-state index contributed by atoms with van der Waals surface area (Å²) in [7, 11) is 1.50. The zero-order chi connectivity index (χ0) is 15.4. The van der Waals surface area contributed by atoms with Crippen molar-refractivity contribution in [2.75, 3.05) is 13.7 Å². The number of fused-ring (bicyclic) bond motifs is 1. The highest BCUT2D eigenvalue weighted by atomic mass is 16.6. The number of hydrogen-bond acceptors (Lipinski definition) is 6. The van der Waals surface area contributed by atoms with Crippen molar-refractivity contribution in [1.82, 2.24) is 4.98 Å². The van der Waals surface area contributed by atoms with Gasteiger partial charge in [0.05, 0.1) is 20.3 Å². The fourth-order valence-corrected chi connectivity index (χ4v) is 2.45. The Kier molecular flexibility index (Phi) is 5.14. The summed E-state index contributed by atoms with van der Waals surface area (Å²) >= 11 is 0. The van der Waals surface area contributed by atoms with Gasteiger partial charge in [0.2, 0.25) is 5.88 Å². The molecule has 2 heterocycles. The number of rotatable bonds is 5. The summed E-state index contributed by atoms with van der Waals surface area (Å²) in [6, 6.07) is 1.68. The number of methoxy groups -OCH3 is 1. The average molecular weight is 295 g/mol. The molecule has 2 rings (SSSR count). The van der Waals surface area contributed by atoms with Gasteiger partial charge in [0.15, 0.2) is 12.0 Å². The molecule has 6 nitrogen and oxygen atoms in total. The summed E-state index contributed by atoms with van der Waals surface area (Å²) in [5.74, 6) is -0.335. The van der Waals surface area contributed by atoms with Crippen molar-refractivity contribution in [3.05, 3.63) is 22.9 Å². The lowest BCUT2D eigenvalue weighted by molar-refractivity contribution is -0.134. The number of ether oxygens (including phenoxy) is 3. The van der Waals surface area contributed by atoms with Gasteiger partial charge in [-0.3, -0.25) is 0 Å². The van der Waals surface area contributed by atoms with E-state index >= 15 is 0 Å². The summed E-state index contributed by atoms with van der Waals surface area (Å²) < 4.78 is 15.7. The van der Waals surface area contributed by atoms with Gasteiger partial charge in [-0.25, -0.2) is 9.78 Å². The molecule has 1 aromatic heterocycles. The molecule has 1 aromatic rings. The van der Waals surface area contributed by atoms with Crippen LogP contribution >= 0.6 is 0 Å². The van der Waals surface area contributed by atoms with Crippen molar-refractivity contribution in [2.24, 2.45) is 0 Å². The van der Waals surface area contributed by atoms with Crippen LogP contribution in [0, 0.1) is 0 Å². The van der Waals surface area contributed by atoms with Crippen LogP contribution in [0.4, 0.5) is 0 Å². The molecule has 0 bridgehead atoms. The van der Waals surface area contributed by atoms with Crippen molar-refractivity contribution in [1.29, 1.82) is 0 Å². The molecule has 21 heavy (non-hydrogen) atoms. The summed E-state index contributed by atoms with van der Waals surface area (Å²) in [5.41, 5.74) is 1.82. The van der Waals surface area contributed by atoms with E-state index in [1.165, 1.54) is 7.11 Å². The van der Waals surface area contributed by atoms with Gasteiger partial charge in [-0.2, -0.15) is 0 Å². The molecule has 2 atom stereocenters. The van der Waals surface area contributed by atoms with Gasteiger partial charge in [-0.1, -0.05) is 13.8 Å². The number of esters is 1. The maximum atomic E-state index is 12.0. The van der Waals surface area contributed by atoms with Gasteiger partial charge in [0, 0.05) is 11.5 Å². The Balaban J connectivity index is 2.42. The van der Waals surface area contributed by atoms with E-state index in [1.807, 2.05) is 13.8 Å². The lowest BCUT2D eigenvalue weighted by atomic mass is 9.90. The van der Waals surface area contributed by atoms with Gasteiger partial charge in [-0.15, -0.1) is 0 Å². The van der Waals surface area contributed by atoms with Crippen LogP contribution < -0.4 is 4.74 Å². The molecule has 6 heteroatoms. The molecule has 0 amide bonds. The zero-order valence-corrected chi connectivity index (χ0v) is 12.6. The fraction of sp³-hybridized carbons (Fsp3) is 0.600. The number of carbonyl (C=O) groups is 1. The highest BCUT2D eigenvalue weighted by Crippen LogP contribution is 2.37. The van der Waals surface area contributed by atoms with Crippen LogP contribution in [-0.2, 0) is 16.1 Å². The topological polar surface area (TPSA) is 77.9 Å². The molecule has 0 aliphatic carbocycles. The minimum Gasteiger partial charge on any atom is -0.481 e. The van der Waals surface area contributed by atoms with E-state index in [1.54, 1.807) is 6.07 Å². The first-order valence-corrected chi connectivity index (χ1v) is 7.16. The largest absolute Gasteiger partial charge is 0.481 e. The molecule has 1 aliphatic heterocycles. The van der Waals surface area contributed by atoms with E-state index in [4.69, 9.17) is 14.2 Å². The second-order valence-corrected chi connectivity index (χ2v) is 4.94. The van der Waals surface area contributed by atoms with E-state index in [-0.39, 0.29) is 18.2 Å². The van der Waals surface area contributed by atoms with E-state index in [0.717, 1.165) is 17.5 Å². The summed E-state index contributed by atoms with van der Waals surface area (Å²) in [6.45, 7) is 4.44. The number of aromatic nitrogens is 1. The standard InChI is InChI=1S/C15H21NO5/c1-4-6-20-15(18)12-7-10-9(5-2)14(17)21-8-11(10)13(16-12)19-3/h7,9,14,17H,4-6,8H2,1-3H3. The van der Waals surface area contributed by atoms with Crippen molar-refractivity contribution < 1.29 is 24.1 Å². The molecule has 0 spiro atoms. The van der Waals surface area contributed by atoms with Gasteiger partial charge < -0.3 is 19.3 Å². The van der Waals surface area contributed by atoms with Crippen molar-refractivity contribution >= 4 is 5.97 Å². The predicted octanol–water partition coefficient (Wildman–Crippen LogP) is 2.00. The number of pyridine rings is 1. The van der Waals surface area contributed by atoms with Crippen LogP contribution in [0.15, 0.2) is 6.07 Å². The molecule has 1 N–H and O–H groups in total. The van der Waals surface area contributed by atoms with Crippen LogP contribution in [0.3, 0.4) is 0 Å². The Morgan fingerprint density at radius 1 is 1.52 bits per heavy atom. The molecule has 1 aliphatic rings. The zero-order valence-electron chi connectivity index (χ0n) is 12.6. The smallest absolute Gasteiger partial charge is 0.357 e. The van der Waals surface area contributed by atoms with Gasteiger partial charge >= 0.3 is 5.97 Å². The number of hydrogen-bond donors (Lipinski definition) is 1. The SMILES string of the molecule is CCCOC(=O)c1cc2c(c(OC)n1)COC(O)C2CC. The number of carbonyl (C=O) groups excluding carboxylic acids is 1. The van der Waals surface area contributed by atoms with Gasteiger partial charge in [0.25, 0.3) is 0 Å². The fourth-order valence-electron chi connectivity index (χ4n) is 2.45. The lowest BCUT2D eigenvalue weighted by Gasteiger charge is -2.30. The van der Waals surface area contributed by atoms with Crippen LogP contribution in [0.1, 0.15) is 54.2 Å². The van der Waals surface area contributed by atoms with Gasteiger partial charge in [-0.05, 0) is 24.5 Å². The molecule has 0 saturated carbocycles. The van der Waals surface area contributed by atoms with Crippen LogP contribution in [0.5, 0.6) is 5.88 Å². The average Bonchev–Trinajstić information content (AvgIpc) is 2.51. The molecule has 0 fully saturated rings.